The molecule has 1 N–H and O–H groups in total. The number of rotatable bonds is 5. The van der Waals surface area contributed by atoms with E-state index in [1.54, 1.807) is 12.1 Å². The zero-order valence-electron chi connectivity index (χ0n) is 11.0. The first-order chi connectivity index (χ1) is 10.3. The number of non-ortho nitro benzene ring substituents is 1. The number of hydrogen-bond acceptors (Lipinski definition) is 4. The van der Waals surface area contributed by atoms with Crippen LogP contribution in [0.5, 0.6) is 0 Å². The number of nitro benzene ring substituents is 1. The molecule has 0 bridgehead atoms. The molecule has 0 amide bonds. The Labute approximate surface area is 136 Å². The minimum atomic E-state index is -3.89. The largest absolute Gasteiger partial charge is 0.270 e. The molecule has 116 valence electrons. The second-order valence-electron chi connectivity index (χ2n) is 4.31. The van der Waals surface area contributed by atoms with Gasteiger partial charge in [-0.2, -0.15) is 0 Å². The molecule has 0 radical (unpaired) electrons. The van der Waals surface area contributed by atoms with Gasteiger partial charge in [0.15, 0.2) is 0 Å². The SMILES string of the molecule is O=[N+]([O-])c1cccc(S(=O)(=O)NCc2ccc(Cl)cc2Cl)c1. The van der Waals surface area contributed by atoms with Crippen LogP contribution in [0.15, 0.2) is 47.4 Å². The van der Waals surface area contributed by atoms with Crippen LogP contribution < -0.4 is 4.72 Å². The topological polar surface area (TPSA) is 89.3 Å². The van der Waals surface area contributed by atoms with Gasteiger partial charge < -0.3 is 0 Å². The van der Waals surface area contributed by atoms with Crippen LogP contribution in [0, 0.1) is 10.1 Å². The lowest BCUT2D eigenvalue weighted by Gasteiger charge is -2.08. The number of nitrogens with one attached hydrogen (secondary N) is 1. The Balaban J connectivity index is 2.21. The summed E-state index contributed by atoms with van der Waals surface area (Å²) in [7, 11) is -3.89. The van der Waals surface area contributed by atoms with Gasteiger partial charge in [0.2, 0.25) is 10.0 Å². The van der Waals surface area contributed by atoms with E-state index in [-0.39, 0.29) is 17.1 Å². The van der Waals surface area contributed by atoms with Crippen molar-refractivity contribution in [2.24, 2.45) is 0 Å². The molecule has 0 aromatic heterocycles. The summed E-state index contributed by atoms with van der Waals surface area (Å²) in [6, 6.07) is 9.48. The highest BCUT2D eigenvalue weighted by Gasteiger charge is 2.17. The number of sulfonamides is 1. The zero-order valence-corrected chi connectivity index (χ0v) is 13.3. The third kappa shape index (κ3) is 3.95. The van der Waals surface area contributed by atoms with Crippen LogP contribution in [0.25, 0.3) is 0 Å². The third-order valence-electron chi connectivity index (χ3n) is 2.81. The normalized spacial score (nSPS) is 11.4. The molecule has 0 fully saturated rings. The van der Waals surface area contributed by atoms with E-state index >= 15 is 0 Å². The summed E-state index contributed by atoms with van der Waals surface area (Å²) in [6.07, 6.45) is 0. The van der Waals surface area contributed by atoms with Crippen LogP contribution in [-0.4, -0.2) is 13.3 Å². The number of nitro groups is 1. The number of benzene rings is 2. The predicted molar refractivity (Wildman–Crippen MR) is 83.6 cm³/mol. The van der Waals surface area contributed by atoms with Crippen molar-refractivity contribution in [2.45, 2.75) is 11.4 Å². The second-order valence-corrected chi connectivity index (χ2v) is 6.93. The first-order valence-electron chi connectivity index (χ1n) is 5.97. The van der Waals surface area contributed by atoms with Crippen LogP contribution >= 0.6 is 23.2 Å². The van der Waals surface area contributed by atoms with Crippen molar-refractivity contribution < 1.29 is 13.3 Å². The van der Waals surface area contributed by atoms with Crippen molar-refractivity contribution in [1.82, 2.24) is 4.72 Å². The molecule has 9 heteroatoms. The summed E-state index contributed by atoms with van der Waals surface area (Å²) in [5.41, 5.74) is 0.243. The van der Waals surface area contributed by atoms with E-state index in [0.717, 1.165) is 6.07 Å². The number of nitrogens with zero attached hydrogens (tertiary/aromatic N) is 1. The van der Waals surface area contributed by atoms with Gasteiger partial charge in [-0.15, -0.1) is 0 Å². The van der Waals surface area contributed by atoms with Crippen LogP contribution in [-0.2, 0) is 16.6 Å². The van der Waals surface area contributed by atoms with E-state index in [2.05, 4.69) is 4.72 Å². The summed E-state index contributed by atoms with van der Waals surface area (Å²) in [5.74, 6) is 0. The Hall–Kier alpha value is -1.67. The highest BCUT2D eigenvalue weighted by molar-refractivity contribution is 7.89. The first-order valence-corrected chi connectivity index (χ1v) is 8.21. The van der Waals surface area contributed by atoms with Crippen molar-refractivity contribution in [3.8, 4) is 0 Å². The molecule has 0 aliphatic heterocycles. The molecule has 0 saturated carbocycles. The fourth-order valence-electron chi connectivity index (χ4n) is 1.69. The molecule has 6 nitrogen and oxygen atoms in total. The maximum Gasteiger partial charge on any atom is 0.270 e. The van der Waals surface area contributed by atoms with Gasteiger partial charge in [-0.1, -0.05) is 35.3 Å². The molecule has 2 aromatic carbocycles. The highest BCUT2D eigenvalue weighted by atomic mass is 35.5. The molecular formula is C13H10Cl2N2O4S. The highest BCUT2D eigenvalue weighted by Crippen LogP contribution is 2.22. The van der Waals surface area contributed by atoms with Crippen molar-refractivity contribution in [2.75, 3.05) is 0 Å². The van der Waals surface area contributed by atoms with Gasteiger partial charge in [0.1, 0.15) is 0 Å². The van der Waals surface area contributed by atoms with Gasteiger partial charge in [-0.3, -0.25) is 10.1 Å². The Morgan fingerprint density at radius 2 is 1.86 bits per heavy atom. The van der Waals surface area contributed by atoms with Crippen LogP contribution in [0.4, 0.5) is 5.69 Å². The molecular weight excluding hydrogens is 351 g/mol. The number of hydrogen-bond donors (Lipinski definition) is 1. The van der Waals surface area contributed by atoms with E-state index in [1.165, 1.54) is 24.3 Å². The summed E-state index contributed by atoms with van der Waals surface area (Å²) in [6.45, 7) is -0.0545. The van der Waals surface area contributed by atoms with Gasteiger partial charge >= 0.3 is 0 Å². The molecule has 0 aliphatic carbocycles. The molecule has 22 heavy (non-hydrogen) atoms. The maximum atomic E-state index is 12.2. The van der Waals surface area contributed by atoms with Gasteiger partial charge in [-0.05, 0) is 23.8 Å². The van der Waals surface area contributed by atoms with Crippen molar-refractivity contribution >= 4 is 38.9 Å². The Bertz CT molecular complexity index is 825. The van der Waals surface area contributed by atoms with Crippen molar-refractivity contribution in [3.05, 3.63) is 68.2 Å². The molecule has 2 aromatic rings. The Morgan fingerprint density at radius 3 is 2.50 bits per heavy atom. The zero-order chi connectivity index (χ0) is 16.3. The minimum Gasteiger partial charge on any atom is -0.258 e. The number of halogens is 2. The Morgan fingerprint density at radius 1 is 1.14 bits per heavy atom. The van der Waals surface area contributed by atoms with E-state index in [4.69, 9.17) is 23.2 Å². The molecule has 2 rings (SSSR count). The van der Waals surface area contributed by atoms with Crippen LogP contribution in [0.3, 0.4) is 0 Å². The fourth-order valence-corrected chi connectivity index (χ4v) is 3.21. The van der Waals surface area contributed by atoms with Crippen molar-refractivity contribution in [3.63, 3.8) is 0 Å². The van der Waals surface area contributed by atoms with Crippen molar-refractivity contribution in [1.29, 1.82) is 0 Å². The lowest BCUT2D eigenvalue weighted by atomic mass is 10.2. The third-order valence-corrected chi connectivity index (χ3v) is 4.79. The summed E-state index contributed by atoms with van der Waals surface area (Å²) >= 11 is 11.7. The predicted octanol–water partition coefficient (Wildman–Crippen LogP) is 3.38. The van der Waals surface area contributed by atoms with Crippen LogP contribution in [0.2, 0.25) is 10.0 Å². The van der Waals surface area contributed by atoms with Gasteiger partial charge in [0.25, 0.3) is 5.69 Å². The van der Waals surface area contributed by atoms with Gasteiger partial charge in [-0.25, -0.2) is 13.1 Å². The standard InChI is InChI=1S/C13H10Cl2N2O4S/c14-10-5-4-9(13(15)6-10)8-16-22(20,21)12-3-1-2-11(7-12)17(18)19/h1-7,16H,8H2. The average Bonchev–Trinajstić information content (AvgIpc) is 2.46. The van der Waals surface area contributed by atoms with Crippen LogP contribution in [0.1, 0.15) is 5.56 Å². The minimum absolute atomic E-state index is 0.0545. The summed E-state index contributed by atoms with van der Waals surface area (Å²) in [5, 5.41) is 11.5. The quantitative estimate of drug-likeness (QED) is 0.653. The molecule has 0 aliphatic rings. The lowest BCUT2D eigenvalue weighted by Crippen LogP contribution is -2.23. The fraction of sp³-hybridized carbons (Fsp3) is 0.0769. The summed E-state index contributed by atoms with van der Waals surface area (Å²) in [4.78, 5) is 9.85. The molecule has 0 saturated heterocycles. The van der Waals surface area contributed by atoms with E-state index in [1.807, 2.05) is 0 Å². The van der Waals surface area contributed by atoms with E-state index in [0.29, 0.717) is 15.6 Å². The van der Waals surface area contributed by atoms with E-state index in [9.17, 15) is 18.5 Å². The van der Waals surface area contributed by atoms with Gasteiger partial charge in [0.05, 0.1) is 9.82 Å². The first kappa shape index (κ1) is 16.7. The van der Waals surface area contributed by atoms with Gasteiger partial charge in [0, 0.05) is 28.7 Å². The molecule has 0 heterocycles. The molecule has 0 unspecified atom stereocenters. The van der Waals surface area contributed by atoms with E-state index < -0.39 is 14.9 Å². The Kier molecular flexibility index (Phi) is 5.02. The smallest absolute Gasteiger partial charge is 0.258 e. The lowest BCUT2D eigenvalue weighted by molar-refractivity contribution is -0.385. The molecule has 0 atom stereocenters. The molecule has 0 spiro atoms. The average molecular weight is 361 g/mol. The monoisotopic (exact) mass is 360 g/mol. The maximum absolute atomic E-state index is 12.2. The second kappa shape index (κ2) is 6.62. The summed E-state index contributed by atoms with van der Waals surface area (Å²) < 4.78 is 26.7.